The van der Waals surface area contributed by atoms with Crippen molar-refractivity contribution in [1.29, 1.82) is 0 Å². The molecule has 0 aliphatic rings. The molecule has 0 aromatic carbocycles. The second kappa shape index (κ2) is 4.94. The van der Waals surface area contributed by atoms with E-state index in [-0.39, 0.29) is 5.11 Å². The number of hydrogen-bond acceptors (Lipinski definition) is 3. The molecule has 0 unspecified atom stereocenters. The predicted octanol–water partition coefficient (Wildman–Crippen LogP) is 1.50. The molecule has 0 aliphatic heterocycles. The van der Waals surface area contributed by atoms with E-state index in [2.05, 4.69) is 28.8 Å². The van der Waals surface area contributed by atoms with E-state index in [1.165, 1.54) is 4.88 Å². The number of hydrazone groups is 1. The third-order valence-corrected chi connectivity index (χ3v) is 2.33. The van der Waals surface area contributed by atoms with Gasteiger partial charge in [-0.25, -0.2) is 0 Å². The Morgan fingerprint density at radius 2 is 2.54 bits per heavy atom. The Morgan fingerprint density at radius 3 is 3.08 bits per heavy atom. The van der Waals surface area contributed by atoms with E-state index in [0.717, 1.165) is 12.1 Å². The van der Waals surface area contributed by atoms with Crippen LogP contribution < -0.4 is 11.2 Å². The minimum atomic E-state index is 0.200. The lowest BCUT2D eigenvalue weighted by molar-refractivity contribution is 1.02. The lowest BCUT2D eigenvalue weighted by Gasteiger charge is -1.98. The molecule has 0 aliphatic carbocycles. The first-order chi connectivity index (χ1) is 6.18. The standard InChI is InChI=1S/C8H11N3S2/c1-6(10-11-8(9)12)5-7-3-2-4-13-7/h2-4H,5H2,1H3,(H3,9,11,12)/b10-6-. The summed E-state index contributed by atoms with van der Waals surface area (Å²) in [4.78, 5) is 1.28. The summed E-state index contributed by atoms with van der Waals surface area (Å²) in [7, 11) is 0. The Hall–Kier alpha value is -0.940. The van der Waals surface area contributed by atoms with Gasteiger partial charge in [0, 0.05) is 17.0 Å². The molecule has 0 saturated heterocycles. The first-order valence-electron chi connectivity index (χ1n) is 3.79. The van der Waals surface area contributed by atoms with Gasteiger partial charge in [0.2, 0.25) is 0 Å². The van der Waals surface area contributed by atoms with Crippen molar-refractivity contribution in [2.45, 2.75) is 13.3 Å². The van der Waals surface area contributed by atoms with E-state index in [1.807, 2.05) is 18.4 Å². The molecule has 0 amide bonds. The molecule has 0 saturated carbocycles. The summed E-state index contributed by atoms with van der Waals surface area (Å²) in [5, 5.41) is 6.25. The molecule has 1 aromatic rings. The van der Waals surface area contributed by atoms with Crippen LogP contribution in [0.5, 0.6) is 0 Å². The fourth-order valence-electron chi connectivity index (χ4n) is 0.855. The Labute approximate surface area is 86.6 Å². The van der Waals surface area contributed by atoms with Gasteiger partial charge < -0.3 is 5.73 Å². The van der Waals surface area contributed by atoms with Gasteiger partial charge in [0.1, 0.15) is 0 Å². The maximum Gasteiger partial charge on any atom is 0.184 e. The quantitative estimate of drug-likeness (QED) is 0.454. The molecule has 0 spiro atoms. The molecule has 0 fully saturated rings. The van der Waals surface area contributed by atoms with Crippen LogP contribution in [0.4, 0.5) is 0 Å². The first kappa shape index (κ1) is 10.1. The zero-order valence-corrected chi connectivity index (χ0v) is 8.91. The summed E-state index contributed by atoms with van der Waals surface area (Å²) in [6.45, 7) is 1.94. The normalized spacial score (nSPS) is 11.3. The number of thiocarbonyl (C=S) groups is 1. The van der Waals surface area contributed by atoms with Crippen molar-refractivity contribution in [2.24, 2.45) is 10.8 Å². The number of nitrogens with two attached hydrogens (primary N) is 1. The molecule has 1 rings (SSSR count). The summed E-state index contributed by atoms with van der Waals surface area (Å²) in [5.41, 5.74) is 8.76. The zero-order chi connectivity index (χ0) is 9.68. The van der Waals surface area contributed by atoms with E-state index >= 15 is 0 Å². The van der Waals surface area contributed by atoms with Crippen molar-refractivity contribution in [3.8, 4) is 0 Å². The summed E-state index contributed by atoms with van der Waals surface area (Å²) in [5.74, 6) is 0. The second-order valence-corrected chi connectivity index (χ2v) is 4.05. The summed E-state index contributed by atoms with van der Waals surface area (Å²) >= 11 is 6.34. The van der Waals surface area contributed by atoms with Crippen molar-refractivity contribution in [3.63, 3.8) is 0 Å². The average Bonchev–Trinajstić information content (AvgIpc) is 2.53. The molecule has 0 bridgehead atoms. The zero-order valence-electron chi connectivity index (χ0n) is 7.28. The van der Waals surface area contributed by atoms with Crippen LogP contribution >= 0.6 is 23.6 Å². The van der Waals surface area contributed by atoms with Crippen molar-refractivity contribution in [1.82, 2.24) is 5.43 Å². The van der Waals surface area contributed by atoms with Gasteiger partial charge >= 0.3 is 0 Å². The molecule has 5 heteroatoms. The number of hydrogen-bond donors (Lipinski definition) is 2. The molecular weight excluding hydrogens is 202 g/mol. The molecular formula is C8H11N3S2. The monoisotopic (exact) mass is 213 g/mol. The number of nitrogens with one attached hydrogen (secondary N) is 1. The molecule has 0 radical (unpaired) electrons. The van der Waals surface area contributed by atoms with Crippen LogP contribution in [0.15, 0.2) is 22.6 Å². The Kier molecular flexibility index (Phi) is 3.85. The topological polar surface area (TPSA) is 50.4 Å². The maximum atomic E-state index is 5.23. The van der Waals surface area contributed by atoms with Crippen molar-refractivity contribution in [2.75, 3.05) is 0 Å². The van der Waals surface area contributed by atoms with Crippen LogP contribution in [0, 0.1) is 0 Å². The molecule has 3 nitrogen and oxygen atoms in total. The third kappa shape index (κ3) is 4.00. The SMILES string of the molecule is C/C(Cc1cccs1)=N/NC(N)=S. The Bertz CT molecular complexity index is 303. The minimum Gasteiger partial charge on any atom is -0.375 e. The Morgan fingerprint density at radius 1 is 1.77 bits per heavy atom. The molecule has 0 atom stereocenters. The maximum absolute atomic E-state index is 5.23. The molecule has 3 N–H and O–H groups in total. The minimum absolute atomic E-state index is 0.200. The van der Waals surface area contributed by atoms with E-state index < -0.39 is 0 Å². The largest absolute Gasteiger partial charge is 0.375 e. The van der Waals surface area contributed by atoms with Crippen LogP contribution in [0.1, 0.15) is 11.8 Å². The fraction of sp³-hybridized carbons (Fsp3) is 0.250. The average molecular weight is 213 g/mol. The van der Waals surface area contributed by atoms with Crippen LogP contribution in [-0.4, -0.2) is 10.8 Å². The molecule has 1 heterocycles. The van der Waals surface area contributed by atoms with Gasteiger partial charge in [0.05, 0.1) is 0 Å². The van der Waals surface area contributed by atoms with E-state index in [0.29, 0.717) is 0 Å². The van der Waals surface area contributed by atoms with Crippen molar-refractivity contribution in [3.05, 3.63) is 22.4 Å². The van der Waals surface area contributed by atoms with Gasteiger partial charge in [-0.05, 0) is 30.6 Å². The summed E-state index contributed by atoms with van der Waals surface area (Å²) in [6, 6.07) is 4.10. The first-order valence-corrected chi connectivity index (χ1v) is 5.08. The van der Waals surface area contributed by atoms with Crippen molar-refractivity contribution >= 4 is 34.4 Å². The number of thiophene rings is 1. The van der Waals surface area contributed by atoms with Crippen molar-refractivity contribution < 1.29 is 0 Å². The van der Waals surface area contributed by atoms with E-state index in [1.54, 1.807) is 11.3 Å². The predicted molar refractivity (Wildman–Crippen MR) is 61.1 cm³/mol. The van der Waals surface area contributed by atoms with Gasteiger partial charge in [0.25, 0.3) is 0 Å². The van der Waals surface area contributed by atoms with Crippen LogP contribution in [-0.2, 0) is 6.42 Å². The van der Waals surface area contributed by atoms with Crippen LogP contribution in [0.25, 0.3) is 0 Å². The highest BCUT2D eigenvalue weighted by atomic mass is 32.1. The highest BCUT2D eigenvalue weighted by Gasteiger charge is 1.96. The van der Waals surface area contributed by atoms with Gasteiger partial charge in [-0.15, -0.1) is 11.3 Å². The van der Waals surface area contributed by atoms with Gasteiger partial charge in [-0.3, -0.25) is 5.43 Å². The smallest absolute Gasteiger partial charge is 0.184 e. The van der Waals surface area contributed by atoms with Gasteiger partial charge in [-0.2, -0.15) is 5.10 Å². The van der Waals surface area contributed by atoms with Crippen LogP contribution in [0.3, 0.4) is 0 Å². The fourth-order valence-corrected chi connectivity index (χ4v) is 1.68. The van der Waals surface area contributed by atoms with E-state index in [4.69, 9.17) is 5.73 Å². The number of rotatable bonds is 3. The summed E-state index contributed by atoms with van der Waals surface area (Å²) < 4.78 is 0. The Balaban J connectivity index is 2.45. The highest BCUT2D eigenvalue weighted by Crippen LogP contribution is 2.09. The van der Waals surface area contributed by atoms with E-state index in [9.17, 15) is 0 Å². The molecule has 70 valence electrons. The number of nitrogens with zero attached hydrogens (tertiary/aromatic N) is 1. The van der Waals surface area contributed by atoms with Gasteiger partial charge in [-0.1, -0.05) is 6.07 Å². The second-order valence-electron chi connectivity index (χ2n) is 2.58. The lowest BCUT2D eigenvalue weighted by atomic mass is 10.2. The van der Waals surface area contributed by atoms with Gasteiger partial charge in [0.15, 0.2) is 5.11 Å². The molecule has 13 heavy (non-hydrogen) atoms. The third-order valence-electron chi connectivity index (χ3n) is 1.37. The highest BCUT2D eigenvalue weighted by molar-refractivity contribution is 7.80. The van der Waals surface area contributed by atoms with Crippen LogP contribution in [0.2, 0.25) is 0 Å². The summed E-state index contributed by atoms with van der Waals surface area (Å²) in [6.07, 6.45) is 0.841. The lowest BCUT2D eigenvalue weighted by Crippen LogP contribution is -2.25. The molecule has 1 aromatic heterocycles.